The molecule has 0 aliphatic carbocycles. The van der Waals surface area contributed by atoms with Crippen LogP contribution in [0, 0.1) is 6.92 Å². The van der Waals surface area contributed by atoms with Crippen molar-refractivity contribution in [1.29, 1.82) is 0 Å². The molecule has 4 heteroatoms. The van der Waals surface area contributed by atoms with E-state index in [4.69, 9.17) is 4.74 Å². The highest BCUT2D eigenvalue weighted by molar-refractivity contribution is 5.15. The molecule has 0 radical (unpaired) electrons. The minimum absolute atomic E-state index is 0.474. The van der Waals surface area contributed by atoms with Gasteiger partial charge in [0.2, 0.25) is 0 Å². The van der Waals surface area contributed by atoms with Gasteiger partial charge in [-0.25, -0.2) is 9.97 Å². The van der Waals surface area contributed by atoms with Gasteiger partial charge in [0.1, 0.15) is 6.61 Å². The number of aryl methyl sites for hydroxylation is 1. The maximum Gasteiger partial charge on any atom is 0.154 e. The van der Waals surface area contributed by atoms with E-state index >= 15 is 0 Å². The molecule has 1 rings (SSSR count). The Balaban J connectivity index is 2.53. The lowest BCUT2D eigenvalue weighted by molar-refractivity contribution is 0.116. The molecule has 0 aliphatic rings. The molecule has 0 saturated heterocycles. The molecule has 4 nitrogen and oxygen atoms in total. The minimum Gasteiger partial charge on any atom is -0.373 e. The van der Waals surface area contributed by atoms with Gasteiger partial charge < -0.3 is 10.1 Å². The van der Waals surface area contributed by atoms with Gasteiger partial charge in [-0.1, -0.05) is 20.8 Å². The molecule has 0 atom stereocenters. The summed E-state index contributed by atoms with van der Waals surface area (Å²) in [5, 5.41) is 3.36. The van der Waals surface area contributed by atoms with Gasteiger partial charge in [0.25, 0.3) is 0 Å². The third-order valence-electron chi connectivity index (χ3n) is 2.41. The van der Waals surface area contributed by atoms with Gasteiger partial charge in [0.05, 0.1) is 0 Å². The fourth-order valence-electron chi connectivity index (χ4n) is 1.41. The van der Waals surface area contributed by atoms with Gasteiger partial charge in [0, 0.05) is 36.6 Å². The van der Waals surface area contributed by atoms with E-state index in [1.54, 1.807) is 0 Å². The smallest absolute Gasteiger partial charge is 0.154 e. The first-order chi connectivity index (χ1) is 8.13. The summed E-state index contributed by atoms with van der Waals surface area (Å²) < 4.78 is 5.42. The summed E-state index contributed by atoms with van der Waals surface area (Å²) in [4.78, 5) is 8.76. The number of hydrogen-bond donors (Lipinski definition) is 1. The number of nitrogens with zero attached hydrogens (tertiary/aromatic N) is 2. The molecule has 0 aliphatic heterocycles. The summed E-state index contributed by atoms with van der Waals surface area (Å²) in [7, 11) is 0. The number of rotatable bonds is 7. The molecular weight excluding hydrogens is 214 g/mol. The Labute approximate surface area is 104 Å². The molecule has 17 heavy (non-hydrogen) atoms. The Morgan fingerprint density at radius 1 is 1.41 bits per heavy atom. The lowest BCUT2D eigenvalue weighted by Gasteiger charge is -2.10. The van der Waals surface area contributed by atoms with Crippen molar-refractivity contribution in [2.45, 2.75) is 53.3 Å². The lowest BCUT2D eigenvalue weighted by atomic mass is 10.2. The van der Waals surface area contributed by atoms with Gasteiger partial charge in [-0.3, -0.25) is 0 Å². The highest BCUT2D eigenvalue weighted by Gasteiger charge is 2.04. The van der Waals surface area contributed by atoms with Crippen molar-refractivity contribution in [1.82, 2.24) is 15.3 Å². The van der Waals surface area contributed by atoms with Crippen molar-refractivity contribution in [2.75, 3.05) is 6.61 Å². The van der Waals surface area contributed by atoms with E-state index in [1.165, 1.54) is 0 Å². The molecule has 0 fully saturated rings. The van der Waals surface area contributed by atoms with Crippen LogP contribution in [0.15, 0.2) is 6.20 Å². The summed E-state index contributed by atoms with van der Waals surface area (Å²) in [6.45, 7) is 10.5. The summed E-state index contributed by atoms with van der Waals surface area (Å²) in [5.41, 5.74) is 2.18. The Hall–Kier alpha value is -1.00. The molecule has 1 heterocycles. The van der Waals surface area contributed by atoms with Crippen LogP contribution in [0.4, 0.5) is 0 Å². The first kappa shape index (κ1) is 14.1. The van der Waals surface area contributed by atoms with E-state index in [0.29, 0.717) is 12.6 Å². The van der Waals surface area contributed by atoms with Crippen LogP contribution in [0.3, 0.4) is 0 Å². The molecule has 0 saturated carbocycles. The molecule has 96 valence electrons. The zero-order valence-electron chi connectivity index (χ0n) is 11.3. The largest absolute Gasteiger partial charge is 0.373 e. The zero-order chi connectivity index (χ0) is 12.7. The first-order valence-corrected chi connectivity index (χ1v) is 6.26. The van der Waals surface area contributed by atoms with Crippen molar-refractivity contribution in [3.05, 3.63) is 23.3 Å². The van der Waals surface area contributed by atoms with Gasteiger partial charge >= 0.3 is 0 Å². The van der Waals surface area contributed by atoms with Crippen LogP contribution in [-0.2, 0) is 17.9 Å². The summed E-state index contributed by atoms with van der Waals surface area (Å²) in [6, 6.07) is 0.474. The minimum atomic E-state index is 0.474. The third kappa shape index (κ3) is 5.24. The molecule has 0 bridgehead atoms. The van der Waals surface area contributed by atoms with Gasteiger partial charge in [-0.15, -0.1) is 0 Å². The molecular formula is C13H23N3O. The number of hydrogen-bond acceptors (Lipinski definition) is 4. The van der Waals surface area contributed by atoms with E-state index in [2.05, 4.69) is 36.1 Å². The Kier molecular flexibility index (Phi) is 6.08. The van der Waals surface area contributed by atoms with E-state index in [9.17, 15) is 0 Å². The fraction of sp³-hybridized carbons (Fsp3) is 0.692. The van der Waals surface area contributed by atoms with Crippen molar-refractivity contribution in [3.63, 3.8) is 0 Å². The van der Waals surface area contributed by atoms with Crippen LogP contribution in [0.25, 0.3) is 0 Å². The second-order valence-corrected chi connectivity index (χ2v) is 4.49. The molecule has 0 unspecified atom stereocenters. The van der Waals surface area contributed by atoms with Crippen LogP contribution < -0.4 is 5.32 Å². The fourth-order valence-corrected chi connectivity index (χ4v) is 1.41. The van der Waals surface area contributed by atoms with Crippen molar-refractivity contribution in [2.24, 2.45) is 0 Å². The average molecular weight is 237 g/mol. The molecule has 1 aromatic heterocycles. The van der Waals surface area contributed by atoms with Crippen molar-refractivity contribution < 1.29 is 4.74 Å². The Bertz CT molecular complexity index is 339. The lowest BCUT2D eigenvalue weighted by Crippen LogP contribution is -2.22. The van der Waals surface area contributed by atoms with Crippen LogP contribution >= 0.6 is 0 Å². The second-order valence-electron chi connectivity index (χ2n) is 4.49. The summed E-state index contributed by atoms with van der Waals surface area (Å²) in [5.74, 6) is 0.768. The van der Waals surface area contributed by atoms with Crippen LogP contribution in [0.5, 0.6) is 0 Å². The number of nitrogens with one attached hydrogen (secondary N) is 1. The monoisotopic (exact) mass is 237 g/mol. The molecule has 0 amide bonds. The zero-order valence-corrected chi connectivity index (χ0v) is 11.3. The summed E-state index contributed by atoms with van der Waals surface area (Å²) in [6.07, 6.45) is 2.91. The molecule has 0 aromatic carbocycles. The maximum absolute atomic E-state index is 5.42. The van der Waals surface area contributed by atoms with E-state index in [1.807, 2.05) is 13.1 Å². The normalized spacial score (nSPS) is 11.1. The first-order valence-electron chi connectivity index (χ1n) is 6.26. The standard InChI is InChI=1S/C13H23N3O/c1-5-6-17-9-13-15-8-12(11(4)16-13)7-14-10(2)3/h8,10,14H,5-7,9H2,1-4H3. The quantitative estimate of drug-likeness (QED) is 0.739. The van der Waals surface area contributed by atoms with Gasteiger partial charge in [-0.05, 0) is 13.3 Å². The maximum atomic E-state index is 5.42. The predicted molar refractivity (Wildman–Crippen MR) is 68.7 cm³/mol. The van der Waals surface area contributed by atoms with E-state index in [-0.39, 0.29) is 0 Å². The number of aromatic nitrogens is 2. The second kappa shape index (κ2) is 7.35. The van der Waals surface area contributed by atoms with Crippen LogP contribution in [0.1, 0.15) is 44.3 Å². The number of ether oxygens (including phenoxy) is 1. The average Bonchev–Trinajstić information content (AvgIpc) is 2.28. The Morgan fingerprint density at radius 2 is 2.18 bits per heavy atom. The van der Waals surface area contributed by atoms with Crippen LogP contribution in [-0.4, -0.2) is 22.6 Å². The van der Waals surface area contributed by atoms with Crippen molar-refractivity contribution in [3.8, 4) is 0 Å². The van der Waals surface area contributed by atoms with E-state index < -0.39 is 0 Å². The molecule has 1 N–H and O–H groups in total. The van der Waals surface area contributed by atoms with Gasteiger partial charge in [-0.2, -0.15) is 0 Å². The van der Waals surface area contributed by atoms with Crippen LogP contribution in [0.2, 0.25) is 0 Å². The highest BCUT2D eigenvalue weighted by Crippen LogP contribution is 2.05. The van der Waals surface area contributed by atoms with Crippen molar-refractivity contribution >= 4 is 0 Å². The molecule has 0 spiro atoms. The summed E-state index contributed by atoms with van der Waals surface area (Å²) >= 11 is 0. The van der Waals surface area contributed by atoms with E-state index in [0.717, 1.165) is 36.7 Å². The predicted octanol–water partition coefficient (Wildman–Crippen LogP) is 2.21. The highest BCUT2D eigenvalue weighted by atomic mass is 16.5. The third-order valence-corrected chi connectivity index (χ3v) is 2.41. The van der Waals surface area contributed by atoms with Gasteiger partial charge in [0.15, 0.2) is 5.82 Å². The topological polar surface area (TPSA) is 47.0 Å². The Morgan fingerprint density at radius 3 is 2.76 bits per heavy atom. The molecule has 1 aromatic rings. The SMILES string of the molecule is CCCOCc1ncc(CNC(C)C)c(C)n1.